The number of nitrogens with one attached hydrogen (secondary N) is 1. The predicted molar refractivity (Wildman–Crippen MR) is 70.8 cm³/mol. The summed E-state index contributed by atoms with van der Waals surface area (Å²) in [7, 11) is 0. The van der Waals surface area contributed by atoms with E-state index in [9.17, 15) is 9.90 Å². The van der Waals surface area contributed by atoms with Gasteiger partial charge in [-0.3, -0.25) is 0 Å². The molecular weight excluding hydrogens is 246 g/mol. The van der Waals surface area contributed by atoms with Crippen LogP contribution < -0.4 is 5.32 Å². The molecule has 0 saturated carbocycles. The van der Waals surface area contributed by atoms with Gasteiger partial charge in [-0.1, -0.05) is 18.2 Å². The average Bonchev–Trinajstić information content (AvgIpc) is 2.66. The number of benzene rings is 1. The van der Waals surface area contributed by atoms with Gasteiger partial charge in [0.25, 0.3) is 0 Å². The number of rotatable bonds is 4. The number of aryl methyl sites for hydroxylation is 1. The highest BCUT2D eigenvalue weighted by atomic mass is 16.5. The Morgan fingerprint density at radius 2 is 2.05 bits per heavy atom. The largest absolute Gasteiger partial charge is 0.504 e. The molecule has 2 rings (SSSR count). The third-order valence-electron chi connectivity index (χ3n) is 2.56. The molecule has 0 bridgehead atoms. The average molecular weight is 261 g/mol. The minimum atomic E-state index is -0.615. The van der Waals surface area contributed by atoms with Crippen molar-refractivity contribution in [2.24, 2.45) is 0 Å². The summed E-state index contributed by atoms with van der Waals surface area (Å²) in [6.07, 6.45) is 0. The van der Waals surface area contributed by atoms with E-state index in [-0.39, 0.29) is 29.6 Å². The third kappa shape index (κ3) is 2.70. The van der Waals surface area contributed by atoms with Crippen molar-refractivity contribution >= 4 is 17.5 Å². The molecule has 0 unspecified atom stereocenters. The topological polar surface area (TPSA) is 71.7 Å². The maximum atomic E-state index is 11.8. The molecule has 1 heterocycles. The van der Waals surface area contributed by atoms with Crippen LogP contribution in [-0.4, -0.2) is 17.7 Å². The van der Waals surface area contributed by atoms with Crippen LogP contribution in [0.25, 0.3) is 0 Å². The Labute approximate surface area is 110 Å². The number of hydrogen-bond acceptors (Lipinski definition) is 5. The standard InChI is InChI=1S/C14H15NO4/c1-3-18-14(17)11-12(16)9(2)19-13(11)15-10-7-5-4-6-8-10/h4-8,15-16H,3H2,1-2H3. The monoisotopic (exact) mass is 261 g/mol. The zero-order valence-electron chi connectivity index (χ0n) is 10.8. The van der Waals surface area contributed by atoms with Crippen molar-refractivity contribution in [3.8, 4) is 5.75 Å². The van der Waals surface area contributed by atoms with E-state index in [2.05, 4.69) is 5.32 Å². The molecule has 0 radical (unpaired) electrons. The SMILES string of the molecule is CCOC(=O)c1c(Nc2ccccc2)oc(C)c1O. The summed E-state index contributed by atoms with van der Waals surface area (Å²) in [5, 5.41) is 12.8. The van der Waals surface area contributed by atoms with Gasteiger partial charge in [-0.2, -0.15) is 0 Å². The van der Waals surface area contributed by atoms with Gasteiger partial charge < -0.3 is 19.6 Å². The van der Waals surface area contributed by atoms with Gasteiger partial charge in [-0.05, 0) is 26.0 Å². The van der Waals surface area contributed by atoms with E-state index in [1.807, 2.05) is 30.3 Å². The lowest BCUT2D eigenvalue weighted by molar-refractivity contribution is 0.0524. The van der Waals surface area contributed by atoms with Crippen molar-refractivity contribution in [3.05, 3.63) is 41.7 Å². The van der Waals surface area contributed by atoms with E-state index in [1.54, 1.807) is 13.8 Å². The molecule has 2 N–H and O–H groups in total. The fourth-order valence-corrected chi connectivity index (χ4v) is 1.67. The van der Waals surface area contributed by atoms with Gasteiger partial charge in [0.1, 0.15) is 5.76 Å². The van der Waals surface area contributed by atoms with E-state index in [4.69, 9.17) is 9.15 Å². The zero-order valence-corrected chi connectivity index (χ0v) is 10.8. The first-order chi connectivity index (χ1) is 9.13. The van der Waals surface area contributed by atoms with Gasteiger partial charge in [0.15, 0.2) is 11.3 Å². The molecule has 0 atom stereocenters. The fourth-order valence-electron chi connectivity index (χ4n) is 1.67. The summed E-state index contributed by atoms with van der Waals surface area (Å²) >= 11 is 0. The first-order valence-electron chi connectivity index (χ1n) is 5.95. The van der Waals surface area contributed by atoms with Crippen molar-refractivity contribution in [1.29, 1.82) is 0 Å². The van der Waals surface area contributed by atoms with E-state index >= 15 is 0 Å². The Balaban J connectivity index is 2.35. The number of ether oxygens (including phenoxy) is 1. The molecule has 5 heteroatoms. The molecule has 1 aromatic carbocycles. The number of carbonyl (C=O) groups excluding carboxylic acids is 1. The molecule has 2 aromatic rings. The summed E-state index contributed by atoms with van der Waals surface area (Å²) < 4.78 is 10.3. The number of esters is 1. The maximum Gasteiger partial charge on any atom is 0.347 e. The highest BCUT2D eigenvalue weighted by Crippen LogP contribution is 2.35. The van der Waals surface area contributed by atoms with E-state index in [0.717, 1.165) is 5.69 Å². The van der Waals surface area contributed by atoms with Gasteiger partial charge in [0.2, 0.25) is 5.88 Å². The minimum absolute atomic E-state index is 0.0169. The van der Waals surface area contributed by atoms with Crippen LogP contribution in [0, 0.1) is 6.92 Å². The van der Waals surface area contributed by atoms with Crippen LogP contribution in [0.15, 0.2) is 34.7 Å². The van der Waals surface area contributed by atoms with Crippen LogP contribution in [0.5, 0.6) is 5.75 Å². The van der Waals surface area contributed by atoms with Crippen molar-refractivity contribution in [1.82, 2.24) is 0 Å². The molecule has 0 aliphatic carbocycles. The highest BCUT2D eigenvalue weighted by Gasteiger charge is 2.25. The molecule has 0 saturated heterocycles. The van der Waals surface area contributed by atoms with Gasteiger partial charge >= 0.3 is 5.97 Å². The van der Waals surface area contributed by atoms with Crippen molar-refractivity contribution in [3.63, 3.8) is 0 Å². The summed E-state index contributed by atoms with van der Waals surface area (Å²) in [6.45, 7) is 3.51. The van der Waals surface area contributed by atoms with Crippen molar-refractivity contribution < 1.29 is 19.1 Å². The summed E-state index contributed by atoms with van der Waals surface area (Å²) in [6, 6.07) is 9.22. The Morgan fingerprint density at radius 1 is 1.37 bits per heavy atom. The molecule has 19 heavy (non-hydrogen) atoms. The highest BCUT2D eigenvalue weighted by molar-refractivity contribution is 5.98. The molecule has 0 spiro atoms. The lowest BCUT2D eigenvalue weighted by atomic mass is 10.2. The molecular formula is C14H15NO4. The number of para-hydroxylation sites is 1. The Bertz CT molecular complexity index is 575. The normalized spacial score (nSPS) is 10.2. The van der Waals surface area contributed by atoms with Gasteiger partial charge in [-0.15, -0.1) is 0 Å². The first kappa shape index (κ1) is 13.0. The van der Waals surface area contributed by atoms with Gasteiger partial charge in [-0.25, -0.2) is 4.79 Å². The third-order valence-corrected chi connectivity index (χ3v) is 2.56. The molecule has 100 valence electrons. The Hall–Kier alpha value is -2.43. The maximum absolute atomic E-state index is 11.8. The van der Waals surface area contributed by atoms with Crippen molar-refractivity contribution in [2.75, 3.05) is 11.9 Å². The van der Waals surface area contributed by atoms with E-state index in [1.165, 1.54) is 0 Å². The predicted octanol–water partition coefficient (Wildman–Crippen LogP) is 3.21. The van der Waals surface area contributed by atoms with Crippen LogP contribution in [0.3, 0.4) is 0 Å². The van der Waals surface area contributed by atoms with Crippen LogP contribution in [0.2, 0.25) is 0 Å². The molecule has 1 aromatic heterocycles. The number of anilines is 2. The Morgan fingerprint density at radius 3 is 2.68 bits per heavy atom. The number of aromatic hydroxyl groups is 1. The number of hydrogen-bond donors (Lipinski definition) is 2. The molecule has 0 aliphatic heterocycles. The second-order valence-corrected chi connectivity index (χ2v) is 3.92. The fraction of sp³-hybridized carbons (Fsp3) is 0.214. The molecule has 0 fully saturated rings. The summed E-state index contributed by atoms with van der Waals surface area (Å²) in [4.78, 5) is 11.8. The molecule has 0 amide bonds. The number of carbonyl (C=O) groups is 1. The van der Waals surface area contributed by atoms with Gasteiger partial charge in [0.05, 0.1) is 6.61 Å². The smallest absolute Gasteiger partial charge is 0.347 e. The second-order valence-electron chi connectivity index (χ2n) is 3.92. The lowest BCUT2D eigenvalue weighted by Crippen LogP contribution is -2.06. The van der Waals surface area contributed by atoms with Crippen LogP contribution in [0.1, 0.15) is 23.0 Å². The Kier molecular flexibility index (Phi) is 3.75. The van der Waals surface area contributed by atoms with Crippen LogP contribution in [-0.2, 0) is 4.74 Å². The quantitative estimate of drug-likeness (QED) is 0.827. The second kappa shape index (κ2) is 5.48. The molecule has 5 nitrogen and oxygen atoms in total. The summed E-state index contributed by atoms with van der Waals surface area (Å²) in [5.74, 6) is -0.367. The van der Waals surface area contributed by atoms with E-state index in [0.29, 0.717) is 0 Å². The first-order valence-corrected chi connectivity index (χ1v) is 5.95. The lowest BCUT2D eigenvalue weighted by Gasteiger charge is -2.05. The number of furan rings is 1. The zero-order chi connectivity index (χ0) is 13.8. The van der Waals surface area contributed by atoms with Crippen molar-refractivity contribution in [2.45, 2.75) is 13.8 Å². The minimum Gasteiger partial charge on any atom is -0.504 e. The van der Waals surface area contributed by atoms with E-state index < -0.39 is 5.97 Å². The van der Waals surface area contributed by atoms with Gasteiger partial charge in [0, 0.05) is 5.69 Å². The van der Waals surface area contributed by atoms with Crippen LogP contribution in [0.4, 0.5) is 11.6 Å². The van der Waals surface area contributed by atoms with Crippen LogP contribution >= 0.6 is 0 Å². The summed E-state index contributed by atoms with van der Waals surface area (Å²) in [5.41, 5.74) is 0.769. The molecule has 0 aliphatic rings.